The van der Waals surface area contributed by atoms with Gasteiger partial charge in [-0.05, 0) is 5.56 Å². The summed E-state index contributed by atoms with van der Waals surface area (Å²) in [7, 11) is -2.58. The highest BCUT2D eigenvalue weighted by Crippen LogP contribution is 2.24. The summed E-state index contributed by atoms with van der Waals surface area (Å²) in [6, 6.07) is 9.74. The van der Waals surface area contributed by atoms with E-state index in [1.807, 2.05) is 30.3 Å². The minimum atomic E-state index is -2.58. The second-order valence-corrected chi connectivity index (χ2v) is 5.11. The highest BCUT2D eigenvalue weighted by atomic mass is 31.2. The molecule has 0 aliphatic carbocycles. The first-order chi connectivity index (χ1) is 5.58. The molecule has 0 amide bonds. The number of nitrogens with two attached hydrogens (primary N) is 1. The monoisotopic (exact) mass is 184 g/mol. The first-order valence-electron chi connectivity index (χ1n) is 3.73. The Morgan fingerprint density at radius 2 is 2.00 bits per heavy atom. The second kappa shape index (κ2) is 3.85. The Kier molecular flexibility index (Phi) is 3.04. The van der Waals surface area contributed by atoms with Crippen molar-refractivity contribution in [2.45, 2.75) is 6.54 Å². The number of rotatable bonds is 3. The van der Waals surface area contributed by atoms with E-state index in [1.165, 1.54) is 6.66 Å². The lowest BCUT2D eigenvalue weighted by molar-refractivity contribution is 0.569. The highest BCUT2D eigenvalue weighted by Gasteiger charge is 2.04. The smallest absolute Gasteiger partial charge is 0.206 e. The third kappa shape index (κ3) is 3.67. The Bertz CT molecular complexity index is 280. The van der Waals surface area contributed by atoms with Crippen LogP contribution in [-0.4, -0.2) is 6.66 Å². The molecule has 12 heavy (non-hydrogen) atoms. The molecule has 0 radical (unpaired) electrons. The Labute approximate surface area is 72.5 Å². The summed E-state index contributed by atoms with van der Waals surface area (Å²) in [5.74, 6) is 0. The molecule has 0 bridgehead atoms. The van der Waals surface area contributed by atoms with Crippen molar-refractivity contribution in [1.82, 2.24) is 5.09 Å². The van der Waals surface area contributed by atoms with E-state index in [-0.39, 0.29) is 0 Å². The Morgan fingerprint density at radius 3 is 2.50 bits per heavy atom. The minimum Gasteiger partial charge on any atom is -0.290 e. The summed E-state index contributed by atoms with van der Waals surface area (Å²) < 4.78 is 11.1. The summed E-state index contributed by atoms with van der Waals surface area (Å²) >= 11 is 0. The van der Waals surface area contributed by atoms with Crippen LogP contribution >= 0.6 is 7.44 Å². The molecule has 0 aliphatic heterocycles. The van der Waals surface area contributed by atoms with Gasteiger partial charge in [-0.3, -0.25) is 15.2 Å². The van der Waals surface area contributed by atoms with Gasteiger partial charge in [0.1, 0.15) is 0 Å². The fourth-order valence-corrected chi connectivity index (χ4v) is 1.34. The highest BCUT2D eigenvalue weighted by molar-refractivity contribution is 7.58. The second-order valence-electron chi connectivity index (χ2n) is 2.81. The van der Waals surface area contributed by atoms with Gasteiger partial charge in [0.25, 0.3) is 0 Å². The SMILES string of the molecule is CP(N)(=O)NCc1ccccc1. The average Bonchev–Trinajstić information content (AvgIpc) is 2.02. The van der Waals surface area contributed by atoms with Crippen LogP contribution in [0.25, 0.3) is 0 Å². The fourth-order valence-electron chi connectivity index (χ4n) is 0.844. The zero-order chi connectivity index (χ0) is 9.03. The lowest BCUT2D eigenvalue weighted by Gasteiger charge is -2.08. The molecule has 1 aromatic carbocycles. The zero-order valence-electron chi connectivity index (χ0n) is 7.03. The average molecular weight is 184 g/mol. The Balaban J connectivity index is 2.50. The molecule has 1 rings (SSSR count). The Morgan fingerprint density at radius 1 is 1.42 bits per heavy atom. The van der Waals surface area contributed by atoms with Crippen molar-refractivity contribution in [1.29, 1.82) is 0 Å². The van der Waals surface area contributed by atoms with Crippen LogP contribution in [0.5, 0.6) is 0 Å². The first-order valence-corrected chi connectivity index (χ1v) is 5.95. The number of nitrogens with one attached hydrogen (secondary N) is 1. The van der Waals surface area contributed by atoms with Crippen LogP contribution in [0, 0.1) is 0 Å². The molecule has 3 nitrogen and oxygen atoms in total. The van der Waals surface area contributed by atoms with Gasteiger partial charge >= 0.3 is 0 Å². The molecule has 3 N–H and O–H groups in total. The van der Waals surface area contributed by atoms with Gasteiger partial charge in [-0.2, -0.15) is 0 Å². The van der Waals surface area contributed by atoms with E-state index in [4.69, 9.17) is 5.50 Å². The van der Waals surface area contributed by atoms with Crippen molar-refractivity contribution in [3.63, 3.8) is 0 Å². The number of benzene rings is 1. The molecular weight excluding hydrogens is 171 g/mol. The van der Waals surface area contributed by atoms with Gasteiger partial charge < -0.3 is 0 Å². The van der Waals surface area contributed by atoms with Gasteiger partial charge in [0.2, 0.25) is 7.44 Å². The number of hydrogen-bond acceptors (Lipinski definition) is 1. The van der Waals surface area contributed by atoms with Gasteiger partial charge in [-0.25, -0.2) is 0 Å². The molecule has 1 unspecified atom stereocenters. The molecule has 1 aromatic rings. The minimum absolute atomic E-state index is 0.561. The molecular formula is C8H13N2OP. The van der Waals surface area contributed by atoms with Crippen LogP contribution in [0.1, 0.15) is 5.56 Å². The van der Waals surface area contributed by atoms with Crippen LogP contribution in [0.3, 0.4) is 0 Å². The van der Waals surface area contributed by atoms with E-state index in [0.717, 1.165) is 5.56 Å². The van der Waals surface area contributed by atoms with E-state index in [0.29, 0.717) is 6.54 Å². The number of hydrogen-bond donors (Lipinski definition) is 2. The lowest BCUT2D eigenvalue weighted by atomic mass is 10.2. The topological polar surface area (TPSA) is 55.1 Å². The fraction of sp³-hybridized carbons (Fsp3) is 0.250. The predicted octanol–water partition coefficient (Wildman–Crippen LogP) is 1.56. The predicted molar refractivity (Wildman–Crippen MR) is 51.0 cm³/mol. The van der Waals surface area contributed by atoms with Gasteiger partial charge in [-0.1, -0.05) is 30.3 Å². The standard InChI is InChI=1S/C8H13N2OP/c1-12(9,11)10-7-8-5-3-2-4-6-8/h2-6H,7H2,1H3,(H3,9,10,11). The van der Waals surface area contributed by atoms with Crippen molar-refractivity contribution >= 4 is 7.44 Å². The largest absolute Gasteiger partial charge is 0.290 e. The van der Waals surface area contributed by atoms with Crippen molar-refractivity contribution in [3.05, 3.63) is 35.9 Å². The molecule has 66 valence electrons. The maximum Gasteiger partial charge on any atom is 0.206 e. The van der Waals surface area contributed by atoms with Crippen LogP contribution in [0.4, 0.5) is 0 Å². The molecule has 1 atom stereocenters. The zero-order valence-corrected chi connectivity index (χ0v) is 7.92. The van der Waals surface area contributed by atoms with E-state index in [1.54, 1.807) is 0 Å². The third-order valence-electron chi connectivity index (χ3n) is 1.44. The Hall–Kier alpha value is -0.630. The van der Waals surface area contributed by atoms with Crippen LogP contribution in [0.15, 0.2) is 30.3 Å². The van der Waals surface area contributed by atoms with Crippen molar-refractivity contribution in [2.75, 3.05) is 6.66 Å². The lowest BCUT2D eigenvalue weighted by Crippen LogP contribution is -2.14. The van der Waals surface area contributed by atoms with E-state index in [9.17, 15) is 4.57 Å². The van der Waals surface area contributed by atoms with Gasteiger partial charge in [-0.15, -0.1) is 0 Å². The molecule has 0 fully saturated rings. The molecule has 0 aromatic heterocycles. The summed E-state index contributed by atoms with van der Waals surface area (Å²) in [6.07, 6.45) is 0. The third-order valence-corrected chi connectivity index (χ3v) is 2.23. The van der Waals surface area contributed by atoms with Gasteiger partial charge in [0.15, 0.2) is 0 Å². The summed E-state index contributed by atoms with van der Waals surface area (Å²) in [5.41, 5.74) is 6.42. The first kappa shape index (κ1) is 9.46. The molecule has 0 saturated carbocycles. The van der Waals surface area contributed by atoms with E-state index in [2.05, 4.69) is 5.09 Å². The van der Waals surface area contributed by atoms with Crippen molar-refractivity contribution < 1.29 is 4.57 Å². The quantitative estimate of drug-likeness (QED) is 0.701. The van der Waals surface area contributed by atoms with Crippen molar-refractivity contribution in [3.8, 4) is 0 Å². The van der Waals surface area contributed by atoms with Crippen LogP contribution < -0.4 is 10.6 Å². The molecule has 4 heteroatoms. The van der Waals surface area contributed by atoms with Gasteiger partial charge in [0.05, 0.1) is 0 Å². The maximum absolute atomic E-state index is 11.1. The molecule has 0 heterocycles. The van der Waals surface area contributed by atoms with Crippen LogP contribution in [0.2, 0.25) is 0 Å². The summed E-state index contributed by atoms with van der Waals surface area (Å²) in [4.78, 5) is 0. The van der Waals surface area contributed by atoms with Crippen LogP contribution in [-0.2, 0) is 11.1 Å². The summed E-state index contributed by atoms with van der Waals surface area (Å²) in [5, 5.41) is 2.77. The normalized spacial score (nSPS) is 15.5. The molecule has 0 spiro atoms. The van der Waals surface area contributed by atoms with Crippen molar-refractivity contribution in [2.24, 2.45) is 5.50 Å². The molecule has 0 aliphatic rings. The van der Waals surface area contributed by atoms with Gasteiger partial charge in [0, 0.05) is 13.2 Å². The molecule has 0 saturated heterocycles. The summed E-state index contributed by atoms with van der Waals surface area (Å²) in [6.45, 7) is 2.07. The van der Waals surface area contributed by atoms with E-state index < -0.39 is 7.44 Å². The van der Waals surface area contributed by atoms with E-state index >= 15 is 0 Å². The maximum atomic E-state index is 11.1.